The number of para-hydroxylation sites is 1. The summed E-state index contributed by atoms with van der Waals surface area (Å²) in [6.45, 7) is -0.412. The first-order valence-electron chi connectivity index (χ1n) is 19.2. The second-order valence-electron chi connectivity index (χ2n) is 15.1. The third-order valence-corrected chi connectivity index (χ3v) is 12.4. The predicted octanol–water partition coefficient (Wildman–Crippen LogP) is 4.57. The van der Waals surface area contributed by atoms with Crippen molar-refractivity contribution in [2.45, 2.75) is 43.3 Å². The number of hydrogen-bond acceptors (Lipinski definition) is 10. The van der Waals surface area contributed by atoms with Crippen LogP contribution in [0.15, 0.2) is 105 Å². The number of ether oxygens (including phenoxy) is 2. The van der Waals surface area contributed by atoms with E-state index in [4.69, 9.17) is 21.1 Å². The number of carbonyl (C=O) groups excluding carboxylic acids is 2. The van der Waals surface area contributed by atoms with Crippen LogP contribution in [0, 0.1) is 17.6 Å². The lowest BCUT2D eigenvalue weighted by Gasteiger charge is -2.49. The number of aromatic nitrogens is 5. The lowest BCUT2D eigenvalue weighted by atomic mass is 9.53. The molecule has 1 aliphatic carbocycles. The number of aromatic hydroxyl groups is 1. The molecule has 1 saturated heterocycles. The maximum atomic E-state index is 15.4. The molecule has 9 rings (SSSR count). The summed E-state index contributed by atoms with van der Waals surface area (Å²) >= 11 is 6.33. The van der Waals surface area contributed by atoms with Gasteiger partial charge in [0.05, 0.1) is 54.9 Å². The quantitative estimate of drug-likeness (QED) is 0.155. The molecule has 1 saturated carbocycles. The molecule has 6 aromatic rings. The number of hydrogen-bond donors (Lipinski definition) is 2. The van der Waals surface area contributed by atoms with Gasteiger partial charge >= 0.3 is 11.4 Å². The van der Waals surface area contributed by atoms with Crippen LogP contribution < -0.4 is 31.8 Å². The van der Waals surface area contributed by atoms with E-state index in [1.165, 1.54) is 52.4 Å². The molecule has 2 fully saturated rings. The Kier molecular flexibility index (Phi) is 9.45. The molecule has 15 nitrogen and oxygen atoms in total. The third kappa shape index (κ3) is 5.89. The summed E-state index contributed by atoms with van der Waals surface area (Å²) in [4.78, 5) is 76.8. The Hall–Kier alpha value is -7.01. The number of halogens is 3. The summed E-state index contributed by atoms with van der Waals surface area (Å²) in [5.74, 6) is -5.53. The van der Waals surface area contributed by atoms with Gasteiger partial charge in [-0.05, 0) is 60.0 Å². The van der Waals surface area contributed by atoms with E-state index in [2.05, 4.69) is 10.4 Å². The molecule has 4 aromatic carbocycles. The summed E-state index contributed by atoms with van der Waals surface area (Å²) in [5, 5.41) is 12.6. The van der Waals surface area contributed by atoms with Gasteiger partial charge in [-0.2, -0.15) is 5.01 Å². The van der Waals surface area contributed by atoms with Crippen molar-refractivity contribution in [2.24, 2.45) is 13.0 Å². The van der Waals surface area contributed by atoms with Crippen LogP contribution in [-0.4, -0.2) is 59.6 Å². The minimum Gasteiger partial charge on any atom is -0.505 e. The van der Waals surface area contributed by atoms with E-state index in [1.807, 2.05) is 0 Å². The van der Waals surface area contributed by atoms with E-state index < -0.39 is 69.4 Å². The van der Waals surface area contributed by atoms with Crippen LogP contribution in [0.4, 0.5) is 14.5 Å². The second kappa shape index (κ2) is 14.6. The Morgan fingerprint density at radius 1 is 0.934 bits per heavy atom. The lowest BCUT2D eigenvalue weighted by molar-refractivity contribution is -0.138. The fourth-order valence-electron chi connectivity index (χ4n) is 9.36. The number of fused-ring (bicyclic) bond motifs is 5. The van der Waals surface area contributed by atoms with Crippen molar-refractivity contribution >= 4 is 40.1 Å². The van der Waals surface area contributed by atoms with Crippen molar-refractivity contribution < 1.29 is 33.0 Å². The van der Waals surface area contributed by atoms with Crippen molar-refractivity contribution in [1.82, 2.24) is 28.5 Å². The summed E-state index contributed by atoms with van der Waals surface area (Å²) in [7, 11) is 4.51. The average molecular weight is 852 g/mol. The zero-order chi connectivity index (χ0) is 43.1. The molecular weight excluding hydrogens is 816 g/mol. The van der Waals surface area contributed by atoms with Crippen LogP contribution in [0.2, 0.25) is 5.02 Å². The molecule has 3 aliphatic rings. The maximum absolute atomic E-state index is 15.4. The van der Waals surface area contributed by atoms with Crippen LogP contribution in [0.3, 0.4) is 0 Å². The summed E-state index contributed by atoms with van der Waals surface area (Å²) in [6.07, 6.45) is 1.36. The number of phenols is 1. The number of benzene rings is 4. The number of nitrogens with zero attached hydrogens (tertiary/aromatic N) is 6. The number of amides is 2. The molecule has 2 aliphatic heterocycles. The number of hydrazine groups is 1. The van der Waals surface area contributed by atoms with Crippen molar-refractivity contribution in [3.8, 4) is 17.2 Å². The number of methoxy groups -OCH3 is 2. The van der Waals surface area contributed by atoms with E-state index in [-0.39, 0.29) is 42.9 Å². The van der Waals surface area contributed by atoms with Crippen molar-refractivity contribution in [1.29, 1.82) is 0 Å². The fourth-order valence-corrected chi connectivity index (χ4v) is 9.48. The van der Waals surface area contributed by atoms with Gasteiger partial charge in [-0.15, -0.1) is 0 Å². The maximum Gasteiger partial charge on any atom is 0.347 e. The number of anilines is 1. The Morgan fingerprint density at radius 3 is 2.34 bits per heavy atom. The molecule has 4 heterocycles. The van der Waals surface area contributed by atoms with Crippen LogP contribution in [0.5, 0.6) is 17.2 Å². The number of imide groups is 1. The zero-order valence-electron chi connectivity index (χ0n) is 32.8. The van der Waals surface area contributed by atoms with Crippen molar-refractivity contribution in [3.63, 3.8) is 0 Å². The first-order chi connectivity index (χ1) is 29.3. The van der Waals surface area contributed by atoms with E-state index in [0.717, 1.165) is 27.8 Å². The smallest absolute Gasteiger partial charge is 0.347 e. The molecule has 2 aromatic heterocycles. The van der Waals surface area contributed by atoms with Crippen LogP contribution in [0.25, 0.3) is 11.0 Å². The van der Waals surface area contributed by atoms with Crippen molar-refractivity contribution in [2.75, 3.05) is 19.6 Å². The number of carbonyl (C=O) groups is 2. The van der Waals surface area contributed by atoms with Gasteiger partial charge in [0, 0.05) is 48.6 Å². The second-order valence-corrected chi connectivity index (χ2v) is 15.5. The number of rotatable bonds is 9. The van der Waals surface area contributed by atoms with Crippen molar-refractivity contribution in [3.05, 3.63) is 155 Å². The summed E-state index contributed by atoms with van der Waals surface area (Å²) in [5.41, 5.74) is 0.921. The third-order valence-electron chi connectivity index (χ3n) is 12.1. The number of allylic oxidation sites excluding steroid dienone is 2. The molecule has 0 unspecified atom stereocenters. The SMILES string of the molecule is COc1cc2nc(CCn3c(=O)n4n(c3=O)[C@@H]3C[C@H]5C(=O)N(Nc6ccc(F)cc6)C(=O)[C@@]5(c5ccc(Cl)cc5)[C@@H](c5cccc(F)c5O)C3=CC4)c(=O)n(C)c2cc1OC. The lowest BCUT2D eigenvalue weighted by Crippen LogP contribution is -2.53. The molecule has 0 bridgehead atoms. The molecule has 312 valence electrons. The topological polar surface area (TPSA) is 172 Å². The minimum atomic E-state index is -1.86. The Bertz CT molecular complexity index is 3030. The Morgan fingerprint density at radius 2 is 1.64 bits per heavy atom. The molecule has 2 amide bonds. The van der Waals surface area contributed by atoms with Gasteiger partial charge in [0.2, 0.25) is 0 Å². The van der Waals surface area contributed by atoms with E-state index >= 15 is 9.18 Å². The summed E-state index contributed by atoms with van der Waals surface area (Å²) < 4.78 is 44.9. The van der Waals surface area contributed by atoms with Gasteiger partial charge in [0.15, 0.2) is 23.1 Å². The van der Waals surface area contributed by atoms with Crippen LogP contribution >= 0.6 is 11.6 Å². The molecule has 0 spiro atoms. The Balaban J connectivity index is 1.17. The predicted molar refractivity (Wildman–Crippen MR) is 218 cm³/mol. The van der Waals surface area contributed by atoms with Gasteiger partial charge in [0.25, 0.3) is 17.4 Å². The highest BCUT2D eigenvalue weighted by Gasteiger charge is 2.69. The number of phenolic OH excluding ortho intramolecular Hbond substituents is 1. The van der Waals surface area contributed by atoms with Gasteiger partial charge in [0.1, 0.15) is 11.5 Å². The number of nitrogens with one attached hydrogen (secondary N) is 1. The fraction of sp³-hybridized carbons (Fsp3) is 0.256. The van der Waals surface area contributed by atoms with Gasteiger partial charge in [-0.25, -0.2) is 37.3 Å². The molecule has 2 N–H and O–H groups in total. The number of aryl methyl sites for hydroxylation is 2. The minimum absolute atomic E-state index is 0.0311. The summed E-state index contributed by atoms with van der Waals surface area (Å²) in [6, 6.07) is 17.4. The van der Waals surface area contributed by atoms with Crippen LogP contribution in [0.1, 0.15) is 35.2 Å². The zero-order valence-corrected chi connectivity index (χ0v) is 33.5. The van der Waals surface area contributed by atoms with E-state index in [0.29, 0.717) is 38.7 Å². The first-order valence-corrected chi connectivity index (χ1v) is 19.6. The van der Waals surface area contributed by atoms with Crippen LogP contribution in [-0.2, 0) is 41.6 Å². The highest BCUT2D eigenvalue weighted by molar-refractivity contribution is 6.30. The molecule has 61 heavy (non-hydrogen) atoms. The average Bonchev–Trinajstić information content (AvgIpc) is 3.63. The van der Waals surface area contributed by atoms with Gasteiger partial charge in [-0.1, -0.05) is 41.9 Å². The van der Waals surface area contributed by atoms with E-state index in [1.54, 1.807) is 49.5 Å². The standard InChI is InChI=1S/C43H36ClF2N7O8/c1-49-33-21-35(61-3)34(60-2)20-31(33)47-30(39(49)56)16-17-50-41(58)51-18-15-26-32(53(51)42(50)59)19-28-38(55)52(48-25-13-11-24(45)12-14-25)40(57)43(28,22-7-9-23(44)10-8-22)36(26)27-5-4-6-29(46)37(27)54/h4-15,20-21,28,32,36,48,54H,16-19H2,1-3H3/t28-,32+,36+,43+/m0/s1. The largest absolute Gasteiger partial charge is 0.505 e. The normalized spacial score (nSPS) is 20.6. The van der Waals surface area contributed by atoms with E-state index in [9.17, 15) is 28.7 Å². The molecule has 18 heteroatoms. The monoisotopic (exact) mass is 851 g/mol. The molecular formula is C43H36ClF2N7O8. The molecule has 0 radical (unpaired) electrons. The molecule has 4 atom stereocenters. The highest BCUT2D eigenvalue weighted by Crippen LogP contribution is 2.63. The Labute approximate surface area is 349 Å². The van der Waals surface area contributed by atoms with Gasteiger partial charge < -0.3 is 19.1 Å². The highest BCUT2D eigenvalue weighted by atomic mass is 35.5. The van der Waals surface area contributed by atoms with Gasteiger partial charge in [-0.3, -0.25) is 19.8 Å². The first kappa shape index (κ1) is 39.5.